The summed E-state index contributed by atoms with van der Waals surface area (Å²) in [4.78, 5) is 34.1. The van der Waals surface area contributed by atoms with Gasteiger partial charge in [-0.15, -0.1) is 0 Å². The van der Waals surface area contributed by atoms with Crippen molar-refractivity contribution in [3.8, 4) is 11.5 Å². The van der Waals surface area contributed by atoms with Crippen molar-refractivity contribution >= 4 is 17.4 Å². The van der Waals surface area contributed by atoms with Crippen molar-refractivity contribution in [2.24, 2.45) is 0 Å². The molecule has 1 fully saturated rings. The number of likely N-dealkylation sites (tertiary alicyclic amines) is 1. The van der Waals surface area contributed by atoms with Crippen molar-refractivity contribution in [2.75, 3.05) is 39.4 Å². The van der Waals surface area contributed by atoms with Crippen LogP contribution in [0.2, 0.25) is 0 Å². The van der Waals surface area contributed by atoms with Crippen molar-refractivity contribution in [3.05, 3.63) is 59.4 Å². The van der Waals surface area contributed by atoms with Gasteiger partial charge in [0, 0.05) is 24.5 Å². The van der Waals surface area contributed by atoms with Gasteiger partial charge in [0.2, 0.25) is 0 Å². The van der Waals surface area contributed by atoms with Crippen LogP contribution in [0.1, 0.15) is 37.4 Å². The quantitative estimate of drug-likeness (QED) is 0.375. The second-order valence-electron chi connectivity index (χ2n) is 8.02. The molecule has 0 saturated carbocycles. The van der Waals surface area contributed by atoms with E-state index in [-0.39, 0.29) is 11.3 Å². The SMILES string of the molecule is CCN(CC)CCCN1C(=O)C(=O)/C(=C(/O)c2ccc3c(c2)OCCO3)[C@H]1c1cccnc1. The smallest absolute Gasteiger partial charge is 0.295 e. The van der Waals surface area contributed by atoms with Gasteiger partial charge in [-0.2, -0.15) is 0 Å². The number of aliphatic hydroxyl groups excluding tert-OH is 1. The van der Waals surface area contributed by atoms with Gasteiger partial charge in [0.25, 0.3) is 11.7 Å². The molecule has 1 N–H and O–H groups in total. The number of ketones is 1. The fourth-order valence-corrected chi connectivity index (χ4v) is 4.35. The second kappa shape index (κ2) is 10.0. The maximum absolute atomic E-state index is 13.1. The number of benzene rings is 1. The first-order valence-corrected chi connectivity index (χ1v) is 11.4. The number of pyridine rings is 1. The lowest BCUT2D eigenvalue weighted by Crippen LogP contribution is -2.33. The molecular formula is C25H29N3O5. The van der Waals surface area contributed by atoms with Crippen LogP contribution in [0.25, 0.3) is 5.76 Å². The monoisotopic (exact) mass is 451 g/mol. The Morgan fingerprint density at radius 3 is 2.61 bits per heavy atom. The van der Waals surface area contributed by atoms with Gasteiger partial charge in [-0.25, -0.2) is 0 Å². The molecule has 2 aliphatic heterocycles. The predicted octanol–water partition coefficient (Wildman–Crippen LogP) is 3.01. The van der Waals surface area contributed by atoms with Gasteiger partial charge >= 0.3 is 0 Å². The van der Waals surface area contributed by atoms with E-state index in [0.29, 0.717) is 42.4 Å². The van der Waals surface area contributed by atoms with Gasteiger partial charge in [0.05, 0.1) is 11.6 Å². The van der Waals surface area contributed by atoms with E-state index in [4.69, 9.17) is 9.47 Å². The average Bonchev–Trinajstić information content (AvgIpc) is 3.11. The van der Waals surface area contributed by atoms with Crippen LogP contribution in [-0.2, 0) is 9.59 Å². The molecular weight excluding hydrogens is 422 g/mol. The number of carbonyl (C=O) groups excluding carboxylic acids is 2. The van der Waals surface area contributed by atoms with Crippen molar-refractivity contribution in [1.29, 1.82) is 0 Å². The van der Waals surface area contributed by atoms with Gasteiger partial charge in [-0.05, 0) is 55.9 Å². The number of carbonyl (C=O) groups is 2. The van der Waals surface area contributed by atoms with Gasteiger partial charge in [0.15, 0.2) is 11.5 Å². The Morgan fingerprint density at radius 1 is 1.15 bits per heavy atom. The number of amides is 1. The predicted molar refractivity (Wildman–Crippen MR) is 123 cm³/mol. The number of hydrogen-bond donors (Lipinski definition) is 1. The molecule has 2 aromatic rings. The lowest BCUT2D eigenvalue weighted by molar-refractivity contribution is -0.140. The van der Waals surface area contributed by atoms with E-state index in [1.165, 1.54) is 0 Å². The molecule has 33 heavy (non-hydrogen) atoms. The summed E-state index contributed by atoms with van der Waals surface area (Å²) in [6.07, 6.45) is 3.98. The molecule has 8 heteroatoms. The van der Waals surface area contributed by atoms with Crippen LogP contribution in [0.5, 0.6) is 11.5 Å². The number of aromatic nitrogens is 1. The van der Waals surface area contributed by atoms with Gasteiger partial charge in [-0.3, -0.25) is 14.6 Å². The molecule has 0 spiro atoms. The highest BCUT2D eigenvalue weighted by Crippen LogP contribution is 2.40. The Labute approximate surface area is 193 Å². The van der Waals surface area contributed by atoms with E-state index in [0.717, 1.165) is 26.1 Å². The normalized spacial score (nSPS) is 19.4. The Kier molecular flexibility index (Phi) is 6.93. The molecule has 2 aliphatic rings. The molecule has 1 saturated heterocycles. The van der Waals surface area contributed by atoms with Gasteiger partial charge in [0.1, 0.15) is 19.0 Å². The zero-order chi connectivity index (χ0) is 23.4. The van der Waals surface area contributed by atoms with E-state index in [9.17, 15) is 14.7 Å². The van der Waals surface area contributed by atoms with Crippen LogP contribution in [0.15, 0.2) is 48.3 Å². The molecule has 1 aromatic carbocycles. The van der Waals surface area contributed by atoms with Crippen LogP contribution in [0.4, 0.5) is 0 Å². The number of rotatable bonds is 8. The van der Waals surface area contributed by atoms with E-state index in [1.54, 1.807) is 41.6 Å². The molecule has 1 aromatic heterocycles. The third kappa shape index (κ3) is 4.57. The maximum atomic E-state index is 13.1. The fourth-order valence-electron chi connectivity index (χ4n) is 4.35. The molecule has 0 bridgehead atoms. The van der Waals surface area contributed by atoms with Crippen LogP contribution < -0.4 is 9.47 Å². The summed E-state index contributed by atoms with van der Waals surface area (Å²) in [6.45, 7) is 8.12. The van der Waals surface area contributed by atoms with Crippen molar-refractivity contribution in [2.45, 2.75) is 26.3 Å². The number of nitrogens with zero attached hydrogens (tertiary/aromatic N) is 3. The average molecular weight is 452 g/mol. The lowest BCUT2D eigenvalue weighted by Gasteiger charge is -2.26. The molecule has 174 valence electrons. The Hall–Kier alpha value is -3.39. The minimum absolute atomic E-state index is 0.0625. The maximum Gasteiger partial charge on any atom is 0.295 e. The van der Waals surface area contributed by atoms with Gasteiger partial charge in [-0.1, -0.05) is 19.9 Å². The van der Waals surface area contributed by atoms with Crippen LogP contribution in [0.3, 0.4) is 0 Å². The zero-order valence-electron chi connectivity index (χ0n) is 19.0. The standard InChI is InChI=1S/C25H29N3O5/c1-3-27(4-2)11-6-12-28-22(18-7-5-10-26-16-18)21(24(30)25(28)31)23(29)17-8-9-19-20(15-17)33-14-13-32-19/h5,7-10,15-16,22,29H,3-4,6,11-14H2,1-2H3/b23-21+/t22-/m1/s1. The summed E-state index contributed by atoms with van der Waals surface area (Å²) in [5.74, 6) is -0.456. The third-order valence-corrected chi connectivity index (χ3v) is 6.12. The van der Waals surface area contributed by atoms with Gasteiger partial charge < -0.3 is 24.4 Å². The summed E-state index contributed by atoms with van der Waals surface area (Å²) in [7, 11) is 0. The highest BCUT2D eigenvalue weighted by molar-refractivity contribution is 6.46. The molecule has 0 radical (unpaired) electrons. The first-order valence-electron chi connectivity index (χ1n) is 11.4. The molecule has 0 aliphatic carbocycles. The first-order chi connectivity index (χ1) is 16.0. The number of ether oxygens (including phenoxy) is 2. The van der Waals surface area contributed by atoms with E-state index in [1.807, 2.05) is 6.07 Å². The van der Waals surface area contributed by atoms with Crippen molar-refractivity contribution in [1.82, 2.24) is 14.8 Å². The fraction of sp³-hybridized carbons (Fsp3) is 0.400. The Balaban J connectivity index is 1.71. The topological polar surface area (TPSA) is 92.2 Å². The van der Waals surface area contributed by atoms with Crippen LogP contribution >= 0.6 is 0 Å². The highest BCUT2D eigenvalue weighted by Gasteiger charge is 2.46. The second-order valence-corrected chi connectivity index (χ2v) is 8.02. The largest absolute Gasteiger partial charge is 0.507 e. The molecule has 0 unspecified atom stereocenters. The summed E-state index contributed by atoms with van der Waals surface area (Å²) in [5, 5.41) is 11.2. The summed E-state index contributed by atoms with van der Waals surface area (Å²) in [5.41, 5.74) is 1.14. The summed E-state index contributed by atoms with van der Waals surface area (Å²) in [6, 6.07) is 7.87. The lowest BCUT2D eigenvalue weighted by atomic mass is 9.96. The first kappa shape index (κ1) is 22.8. The third-order valence-electron chi connectivity index (χ3n) is 6.12. The van der Waals surface area contributed by atoms with Crippen molar-refractivity contribution < 1.29 is 24.2 Å². The van der Waals surface area contributed by atoms with Crippen LogP contribution in [-0.4, -0.2) is 71.0 Å². The number of fused-ring (bicyclic) bond motifs is 1. The molecule has 4 rings (SSSR count). The summed E-state index contributed by atoms with van der Waals surface area (Å²) < 4.78 is 11.2. The minimum Gasteiger partial charge on any atom is -0.507 e. The van der Waals surface area contributed by atoms with E-state index < -0.39 is 17.7 Å². The highest BCUT2D eigenvalue weighted by atomic mass is 16.6. The van der Waals surface area contributed by atoms with Crippen LogP contribution in [0, 0.1) is 0 Å². The minimum atomic E-state index is -0.705. The molecule has 3 heterocycles. The molecule has 1 atom stereocenters. The van der Waals surface area contributed by atoms with E-state index >= 15 is 0 Å². The molecule has 1 amide bonds. The Bertz CT molecular complexity index is 1050. The molecule has 8 nitrogen and oxygen atoms in total. The Morgan fingerprint density at radius 2 is 1.91 bits per heavy atom. The number of aliphatic hydroxyl groups is 1. The zero-order valence-corrected chi connectivity index (χ0v) is 19.0. The number of hydrogen-bond acceptors (Lipinski definition) is 7. The summed E-state index contributed by atoms with van der Waals surface area (Å²) >= 11 is 0. The van der Waals surface area contributed by atoms with E-state index in [2.05, 4.69) is 23.7 Å². The van der Waals surface area contributed by atoms with Crippen molar-refractivity contribution in [3.63, 3.8) is 0 Å². The number of Topliss-reactive ketones (excluding diaryl/α,β-unsaturated/α-hetero) is 1.